The van der Waals surface area contributed by atoms with Gasteiger partial charge in [-0.15, -0.1) is 10.2 Å². The standard InChI is InChI=1S/C13H10FN5O3/c14-11-4-2-1-3-10(11)13-17-16-12(22-13)5-6-18-8-9(7-15-18)19(20)21/h1-4,7-8H,5-6H2. The molecule has 1 aromatic carbocycles. The lowest BCUT2D eigenvalue weighted by molar-refractivity contribution is -0.385. The van der Waals surface area contributed by atoms with E-state index in [1.807, 2.05) is 0 Å². The monoisotopic (exact) mass is 303 g/mol. The van der Waals surface area contributed by atoms with Gasteiger partial charge in [0.15, 0.2) is 0 Å². The van der Waals surface area contributed by atoms with Gasteiger partial charge < -0.3 is 4.42 Å². The molecular weight excluding hydrogens is 293 g/mol. The zero-order valence-corrected chi connectivity index (χ0v) is 11.2. The van der Waals surface area contributed by atoms with Crippen molar-refractivity contribution in [3.05, 3.63) is 58.5 Å². The molecule has 0 radical (unpaired) electrons. The first kappa shape index (κ1) is 13.9. The third kappa shape index (κ3) is 2.82. The third-order valence-corrected chi connectivity index (χ3v) is 2.96. The molecule has 0 unspecified atom stereocenters. The Kier molecular flexibility index (Phi) is 3.60. The van der Waals surface area contributed by atoms with E-state index in [1.54, 1.807) is 18.2 Å². The van der Waals surface area contributed by atoms with Crippen LogP contribution < -0.4 is 0 Å². The average molecular weight is 303 g/mol. The van der Waals surface area contributed by atoms with Gasteiger partial charge in [-0.2, -0.15) is 5.10 Å². The lowest BCUT2D eigenvalue weighted by atomic mass is 10.2. The summed E-state index contributed by atoms with van der Waals surface area (Å²) in [5, 5.41) is 22.0. The second kappa shape index (κ2) is 5.72. The second-order valence-electron chi connectivity index (χ2n) is 4.45. The fraction of sp³-hybridized carbons (Fsp3) is 0.154. The normalized spacial score (nSPS) is 10.8. The van der Waals surface area contributed by atoms with Crippen molar-refractivity contribution in [2.24, 2.45) is 0 Å². The van der Waals surface area contributed by atoms with Crippen LogP contribution in [0, 0.1) is 15.9 Å². The first-order chi connectivity index (χ1) is 10.6. The Hall–Kier alpha value is -3.10. The van der Waals surface area contributed by atoms with Crippen molar-refractivity contribution in [3.63, 3.8) is 0 Å². The Bertz CT molecular complexity index is 813. The SMILES string of the molecule is O=[N+]([O-])c1cnn(CCc2nnc(-c3ccccc3F)o2)c1. The van der Waals surface area contributed by atoms with E-state index in [4.69, 9.17) is 4.42 Å². The molecule has 22 heavy (non-hydrogen) atoms. The van der Waals surface area contributed by atoms with Gasteiger partial charge in [0.05, 0.1) is 10.5 Å². The Labute approximate surface area is 123 Å². The third-order valence-electron chi connectivity index (χ3n) is 2.96. The number of rotatable bonds is 5. The highest BCUT2D eigenvalue weighted by molar-refractivity contribution is 5.53. The molecule has 2 heterocycles. The predicted molar refractivity (Wildman–Crippen MR) is 72.3 cm³/mol. The first-order valence-corrected chi connectivity index (χ1v) is 6.37. The lowest BCUT2D eigenvalue weighted by Gasteiger charge is -1.97. The fourth-order valence-corrected chi connectivity index (χ4v) is 1.88. The zero-order valence-electron chi connectivity index (χ0n) is 11.2. The molecule has 3 aromatic rings. The largest absolute Gasteiger partial charge is 0.421 e. The molecule has 0 fully saturated rings. The van der Waals surface area contributed by atoms with Crippen molar-refractivity contribution >= 4 is 5.69 Å². The number of benzene rings is 1. The number of nitrogens with zero attached hydrogens (tertiary/aromatic N) is 5. The van der Waals surface area contributed by atoms with Gasteiger partial charge >= 0.3 is 5.69 Å². The summed E-state index contributed by atoms with van der Waals surface area (Å²) in [6.07, 6.45) is 2.81. The van der Waals surface area contributed by atoms with Crippen molar-refractivity contribution in [2.45, 2.75) is 13.0 Å². The molecule has 0 amide bonds. The maximum atomic E-state index is 13.6. The van der Waals surface area contributed by atoms with Crippen LogP contribution in [0.2, 0.25) is 0 Å². The highest BCUT2D eigenvalue weighted by Crippen LogP contribution is 2.21. The van der Waals surface area contributed by atoms with Gasteiger partial charge in [0.25, 0.3) is 5.89 Å². The smallest absolute Gasteiger partial charge is 0.306 e. The number of hydrogen-bond donors (Lipinski definition) is 0. The highest BCUT2D eigenvalue weighted by Gasteiger charge is 2.13. The molecule has 0 aliphatic heterocycles. The van der Waals surface area contributed by atoms with Crippen LogP contribution >= 0.6 is 0 Å². The van der Waals surface area contributed by atoms with E-state index in [0.29, 0.717) is 18.9 Å². The van der Waals surface area contributed by atoms with E-state index in [2.05, 4.69) is 15.3 Å². The molecule has 2 aromatic heterocycles. The highest BCUT2D eigenvalue weighted by atomic mass is 19.1. The van der Waals surface area contributed by atoms with Crippen LogP contribution in [-0.2, 0) is 13.0 Å². The molecular formula is C13H10FN5O3. The minimum Gasteiger partial charge on any atom is -0.421 e. The summed E-state index contributed by atoms with van der Waals surface area (Å²) in [6, 6.07) is 6.09. The quantitative estimate of drug-likeness (QED) is 0.529. The second-order valence-corrected chi connectivity index (χ2v) is 4.45. The summed E-state index contributed by atoms with van der Waals surface area (Å²) in [4.78, 5) is 10.0. The number of aryl methyl sites for hydroxylation is 2. The molecule has 0 spiro atoms. The zero-order chi connectivity index (χ0) is 15.5. The van der Waals surface area contributed by atoms with Crippen molar-refractivity contribution in [2.75, 3.05) is 0 Å². The molecule has 0 saturated heterocycles. The van der Waals surface area contributed by atoms with Crippen LogP contribution in [0.15, 0.2) is 41.1 Å². The lowest BCUT2D eigenvalue weighted by Crippen LogP contribution is -2.01. The molecule has 0 N–H and O–H groups in total. The van der Waals surface area contributed by atoms with E-state index in [1.165, 1.54) is 23.1 Å². The van der Waals surface area contributed by atoms with E-state index >= 15 is 0 Å². The summed E-state index contributed by atoms with van der Waals surface area (Å²) in [5.41, 5.74) is 0.147. The Morgan fingerprint density at radius 1 is 1.32 bits per heavy atom. The van der Waals surface area contributed by atoms with Crippen molar-refractivity contribution in [3.8, 4) is 11.5 Å². The number of aromatic nitrogens is 4. The van der Waals surface area contributed by atoms with Crippen LogP contribution in [0.1, 0.15) is 5.89 Å². The van der Waals surface area contributed by atoms with Crippen LogP contribution in [0.3, 0.4) is 0 Å². The van der Waals surface area contributed by atoms with Gasteiger partial charge in [0.1, 0.15) is 18.2 Å². The summed E-state index contributed by atoms with van der Waals surface area (Å²) < 4.78 is 20.4. The van der Waals surface area contributed by atoms with Gasteiger partial charge in [-0.05, 0) is 12.1 Å². The molecule has 0 bridgehead atoms. The summed E-state index contributed by atoms with van der Waals surface area (Å²) in [5.74, 6) is -0.0450. The number of halogens is 1. The molecule has 0 aliphatic rings. The Morgan fingerprint density at radius 2 is 2.14 bits per heavy atom. The van der Waals surface area contributed by atoms with Gasteiger partial charge in [-0.3, -0.25) is 14.8 Å². The van der Waals surface area contributed by atoms with Gasteiger partial charge in [-0.25, -0.2) is 4.39 Å². The number of hydrogen-bond acceptors (Lipinski definition) is 6. The summed E-state index contributed by atoms with van der Waals surface area (Å²) >= 11 is 0. The molecule has 3 rings (SSSR count). The van der Waals surface area contributed by atoms with E-state index < -0.39 is 10.7 Å². The molecule has 0 saturated carbocycles. The molecule has 0 aliphatic carbocycles. The fourth-order valence-electron chi connectivity index (χ4n) is 1.88. The van der Waals surface area contributed by atoms with Crippen LogP contribution in [0.4, 0.5) is 10.1 Å². The Morgan fingerprint density at radius 3 is 2.86 bits per heavy atom. The predicted octanol–water partition coefficient (Wildman–Crippen LogP) is 2.22. The minimum absolute atomic E-state index is 0.0856. The van der Waals surface area contributed by atoms with Gasteiger partial charge in [0, 0.05) is 13.0 Å². The topological polar surface area (TPSA) is 99.9 Å². The minimum atomic E-state index is -0.521. The average Bonchev–Trinajstić information content (AvgIpc) is 3.15. The van der Waals surface area contributed by atoms with Crippen molar-refractivity contribution < 1.29 is 13.7 Å². The van der Waals surface area contributed by atoms with Crippen molar-refractivity contribution in [1.29, 1.82) is 0 Å². The van der Waals surface area contributed by atoms with Crippen LogP contribution in [0.5, 0.6) is 0 Å². The van der Waals surface area contributed by atoms with Crippen LogP contribution in [0.25, 0.3) is 11.5 Å². The van der Waals surface area contributed by atoms with Gasteiger partial charge in [-0.1, -0.05) is 12.1 Å². The summed E-state index contributed by atoms with van der Waals surface area (Å²) in [7, 11) is 0. The van der Waals surface area contributed by atoms with E-state index in [0.717, 1.165) is 0 Å². The maximum Gasteiger partial charge on any atom is 0.306 e. The van der Waals surface area contributed by atoms with Gasteiger partial charge in [0.2, 0.25) is 5.89 Å². The molecule has 9 heteroatoms. The van der Waals surface area contributed by atoms with E-state index in [-0.39, 0.29) is 17.1 Å². The first-order valence-electron chi connectivity index (χ1n) is 6.37. The number of nitro groups is 1. The maximum absolute atomic E-state index is 13.6. The molecule has 0 atom stereocenters. The summed E-state index contributed by atoms with van der Waals surface area (Å²) in [6.45, 7) is 0.340. The molecule has 112 valence electrons. The van der Waals surface area contributed by atoms with Crippen molar-refractivity contribution in [1.82, 2.24) is 20.0 Å². The molecule has 8 nitrogen and oxygen atoms in total. The Balaban J connectivity index is 1.69. The van der Waals surface area contributed by atoms with Crippen LogP contribution in [-0.4, -0.2) is 24.9 Å². The van der Waals surface area contributed by atoms with E-state index in [9.17, 15) is 14.5 Å².